The van der Waals surface area contributed by atoms with Crippen LogP contribution in [0.2, 0.25) is 0 Å². The SMILES string of the molecule is CN=C(NCCc1c[nH]c2ccccc12)NCC1CCN(CCOC)CC1.I. The minimum Gasteiger partial charge on any atom is -0.383 e. The molecular weight excluding hydrogens is 465 g/mol. The molecule has 1 fully saturated rings. The van der Waals surface area contributed by atoms with Crippen LogP contribution in [-0.2, 0) is 11.2 Å². The maximum Gasteiger partial charge on any atom is 0.190 e. The third-order valence-corrected chi connectivity index (χ3v) is 5.46. The number of halogens is 1. The highest BCUT2D eigenvalue weighted by Crippen LogP contribution is 2.18. The topological polar surface area (TPSA) is 64.7 Å². The van der Waals surface area contributed by atoms with Crippen molar-refractivity contribution in [3.8, 4) is 0 Å². The molecule has 2 aromatic rings. The lowest BCUT2D eigenvalue weighted by Gasteiger charge is -2.32. The number of aromatic amines is 1. The zero-order chi connectivity index (χ0) is 18.9. The minimum absolute atomic E-state index is 0. The molecule has 1 saturated heterocycles. The van der Waals surface area contributed by atoms with Gasteiger partial charge in [-0.3, -0.25) is 4.99 Å². The first-order chi connectivity index (χ1) is 13.3. The monoisotopic (exact) mass is 499 g/mol. The van der Waals surface area contributed by atoms with Gasteiger partial charge in [-0.1, -0.05) is 18.2 Å². The van der Waals surface area contributed by atoms with Crippen LogP contribution in [0.1, 0.15) is 18.4 Å². The van der Waals surface area contributed by atoms with Gasteiger partial charge < -0.3 is 25.3 Å². The number of benzene rings is 1. The molecule has 7 heteroatoms. The third-order valence-electron chi connectivity index (χ3n) is 5.46. The number of guanidine groups is 1. The molecule has 0 aliphatic carbocycles. The molecule has 0 unspecified atom stereocenters. The molecule has 1 aromatic carbocycles. The molecule has 0 amide bonds. The maximum absolute atomic E-state index is 5.17. The number of piperidine rings is 1. The standard InChI is InChI=1S/C21H33N5O.HI/c1-22-21(25-15-17-8-11-26(12-9-17)13-14-27-2)23-10-7-18-16-24-20-6-4-3-5-19(18)20;/h3-6,16-17,24H,7-15H2,1-2H3,(H2,22,23,25);1H. The summed E-state index contributed by atoms with van der Waals surface area (Å²) in [5.41, 5.74) is 2.55. The van der Waals surface area contributed by atoms with Gasteiger partial charge in [-0.05, 0) is 49.9 Å². The number of aromatic nitrogens is 1. The van der Waals surface area contributed by atoms with E-state index in [0.717, 1.165) is 44.5 Å². The van der Waals surface area contributed by atoms with Crippen LogP contribution in [0.5, 0.6) is 0 Å². The molecular formula is C21H34IN5O. The van der Waals surface area contributed by atoms with E-state index in [1.165, 1.54) is 42.4 Å². The van der Waals surface area contributed by atoms with Gasteiger partial charge in [0.05, 0.1) is 6.61 Å². The summed E-state index contributed by atoms with van der Waals surface area (Å²) in [6, 6.07) is 8.45. The average molecular weight is 499 g/mol. The van der Waals surface area contributed by atoms with Crippen LogP contribution in [0.4, 0.5) is 0 Å². The Morgan fingerprint density at radius 3 is 2.79 bits per heavy atom. The molecule has 0 bridgehead atoms. The Balaban J connectivity index is 0.00000280. The number of methoxy groups -OCH3 is 1. The van der Waals surface area contributed by atoms with Crippen LogP contribution in [-0.4, -0.2) is 69.3 Å². The third kappa shape index (κ3) is 6.63. The number of nitrogens with zero attached hydrogens (tertiary/aromatic N) is 2. The molecule has 1 aliphatic rings. The Hall–Kier alpha value is -1.32. The Morgan fingerprint density at radius 1 is 1.25 bits per heavy atom. The number of aliphatic imine (C=N–C) groups is 1. The number of hydrogen-bond donors (Lipinski definition) is 3. The lowest BCUT2D eigenvalue weighted by molar-refractivity contribution is 0.121. The highest BCUT2D eigenvalue weighted by Gasteiger charge is 2.18. The predicted octanol–water partition coefficient (Wildman–Crippen LogP) is 2.85. The summed E-state index contributed by atoms with van der Waals surface area (Å²) in [4.78, 5) is 10.2. The van der Waals surface area contributed by atoms with Crippen molar-refractivity contribution < 1.29 is 4.74 Å². The van der Waals surface area contributed by atoms with E-state index in [9.17, 15) is 0 Å². The Kier molecular flexibility index (Phi) is 10.1. The average Bonchev–Trinajstić information content (AvgIpc) is 3.13. The van der Waals surface area contributed by atoms with E-state index >= 15 is 0 Å². The van der Waals surface area contributed by atoms with E-state index in [-0.39, 0.29) is 24.0 Å². The first kappa shape index (κ1) is 23.0. The lowest BCUT2D eigenvalue weighted by Crippen LogP contribution is -2.43. The van der Waals surface area contributed by atoms with Crippen LogP contribution in [0, 0.1) is 5.92 Å². The molecule has 0 radical (unpaired) electrons. The van der Waals surface area contributed by atoms with Gasteiger partial charge in [0.25, 0.3) is 0 Å². The number of fused-ring (bicyclic) bond motifs is 1. The zero-order valence-corrected chi connectivity index (χ0v) is 19.4. The van der Waals surface area contributed by atoms with E-state index in [1.54, 1.807) is 7.11 Å². The molecule has 0 spiro atoms. The maximum atomic E-state index is 5.17. The van der Waals surface area contributed by atoms with Crippen molar-refractivity contribution >= 4 is 40.8 Å². The summed E-state index contributed by atoms with van der Waals surface area (Å²) < 4.78 is 5.17. The summed E-state index contributed by atoms with van der Waals surface area (Å²) in [6.07, 6.45) is 5.56. The number of likely N-dealkylation sites (tertiary alicyclic amines) is 1. The van der Waals surface area contributed by atoms with Crippen molar-refractivity contribution in [3.63, 3.8) is 0 Å². The van der Waals surface area contributed by atoms with Crippen molar-refractivity contribution in [1.29, 1.82) is 0 Å². The molecule has 1 aliphatic heterocycles. The van der Waals surface area contributed by atoms with Crippen molar-refractivity contribution in [3.05, 3.63) is 36.0 Å². The predicted molar refractivity (Wildman–Crippen MR) is 128 cm³/mol. The second kappa shape index (κ2) is 12.3. The van der Waals surface area contributed by atoms with Gasteiger partial charge in [0.2, 0.25) is 0 Å². The van der Waals surface area contributed by atoms with Gasteiger partial charge in [-0.15, -0.1) is 24.0 Å². The smallest absolute Gasteiger partial charge is 0.190 e. The van der Waals surface area contributed by atoms with Crippen molar-refractivity contribution in [2.75, 3.05) is 53.5 Å². The Morgan fingerprint density at radius 2 is 2.04 bits per heavy atom. The largest absolute Gasteiger partial charge is 0.383 e. The van der Waals surface area contributed by atoms with E-state index in [1.807, 2.05) is 7.05 Å². The Labute approximate surface area is 185 Å². The van der Waals surface area contributed by atoms with E-state index in [0.29, 0.717) is 0 Å². The van der Waals surface area contributed by atoms with Crippen molar-refractivity contribution in [1.82, 2.24) is 20.5 Å². The summed E-state index contributed by atoms with van der Waals surface area (Å²) in [6.45, 7) is 6.08. The number of nitrogens with one attached hydrogen (secondary N) is 3. The Bertz CT molecular complexity index is 724. The van der Waals surface area contributed by atoms with Crippen molar-refractivity contribution in [2.24, 2.45) is 10.9 Å². The number of hydrogen-bond acceptors (Lipinski definition) is 3. The van der Waals surface area contributed by atoms with Crippen LogP contribution in [0.25, 0.3) is 10.9 Å². The van der Waals surface area contributed by atoms with Crippen molar-refractivity contribution in [2.45, 2.75) is 19.3 Å². The fourth-order valence-electron chi connectivity index (χ4n) is 3.75. The molecule has 2 heterocycles. The first-order valence-electron chi connectivity index (χ1n) is 10.0. The van der Waals surface area contributed by atoms with Crippen LogP contribution >= 0.6 is 24.0 Å². The van der Waals surface area contributed by atoms with Gasteiger partial charge >= 0.3 is 0 Å². The van der Waals surface area contributed by atoms with E-state index < -0.39 is 0 Å². The summed E-state index contributed by atoms with van der Waals surface area (Å²) >= 11 is 0. The second-order valence-corrected chi connectivity index (χ2v) is 7.27. The fraction of sp³-hybridized carbons (Fsp3) is 0.571. The van der Waals surface area contributed by atoms with Crippen LogP contribution in [0.15, 0.2) is 35.5 Å². The van der Waals surface area contributed by atoms with Gasteiger partial charge in [0.1, 0.15) is 0 Å². The number of para-hydroxylation sites is 1. The van der Waals surface area contributed by atoms with Gasteiger partial charge in [0, 0.05) is 50.9 Å². The van der Waals surface area contributed by atoms with E-state index in [4.69, 9.17) is 4.74 Å². The fourth-order valence-corrected chi connectivity index (χ4v) is 3.75. The number of H-pyrrole nitrogens is 1. The zero-order valence-electron chi connectivity index (χ0n) is 17.0. The first-order valence-corrected chi connectivity index (χ1v) is 10.0. The van der Waals surface area contributed by atoms with E-state index in [2.05, 4.69) is 56.0 Å². The molecule has 0 atom stereocenters. The highest BCUT2D eigenvalue weighted by molar-refractivity contribution is 14.0. The molecule has 3 rings (SSSR count). The highest BCUT2D eigenvalue weighted by atomic mass is 127. The summed E-state index contributed by atoms with van der Waals surface area (Å²) in [7, 11) is 3.61. The quantitative estimate of drug-likeness (QED) is 0.297. The summed E-state index contributed by atoms with van der Waals surface area (Å²) in [5.74, 6) is 1.62. The molecule has 0 saturated carbocycles. The second-order valence-electron chi connectivity index (χ2n) is 7.27. The van der Waals surface area contributed by atoms with Gasteiger partial charge in [-0.25, -0.2) is 0 Å². The van der Waals surface area contributed by atoms with Gasteiger partial charge in [-0.2, -0.15) is 0 Å². The molecule has 1 aromatic heterocycles. The summed E-state index contributed by atoms with van der Waals surface area (Å²) in [5, 5.41) is 8.26. The normalized spacial score (nSPS) is 16.1. The number of rotatable bonds is 8. The molecule has 28 heavy (non-hydrogen) atoms. The number of ether oxygens (including phenoxy) is 1. The van der Waals surface area contributed by atoms with Crippen LogP contribution < -0.4 is 10.6 Å². The van der Waals surface area contributed by atoms with Gasteiger partial charge in [0.15, 0.2) is 5.96 Å². The lowest BCUT2D eigenvalue weighted by atomic mass is 9.97. The molecule has 6 nitrogen and oxygen atoms in total. The molecule has 156 valence electrons. The van der Waals surface area contributed by atoms with Crippen LogP contribution in [0.3, 0.4) is 0 Å². The minimum atomic E-state index is 0. The molecule has 3 N–H and O–H groups in total.